The van der Waals surface area contributed by atoms with Gasteiger partial charge in [-0.25, -0.2) is 14.3 Å². The van der Waals surface area contributed by atoms with Crippen LogP contribution in [0.3, 0.4) is 0 Å². The van der Waals surface area contributed by atoms with E-state index in [4.69, 9.17) is 5.21 Å². The number of amides is 1. The Labute approximate surface area is 180 Å². The first-order valence-electron chi connectivity index (χ1n) is 10.7. The number of benzene rings is 1. The fourth-order valence-corrected chi connectivity index (χ4v) is 4.43. The van der Waals surface area contributed by atoms with Crippen molar-refractivity contribution in [2.45, 2.75) is 76.1 Å². The minimum atomic E-state index is -1.45. The first kappa shape index (κ1) is 25.3. The largest absolute Gasteiger partial charge is 0.393 e. The molecule has 0 radical (unpaired) electrons. The Hall–Kier alpha value is -1.94. The molecule has 0 spiro atoms. The van der Waals surface area contributed by atoms with Gasteiger partial charge in [0.05, 0.1) is 12.2 Å². The highest BCUT2D eigenvalue weighted by molar-refractivity contribution is 5.99. The minimum absolute atomic E-state index is 0.0121. The van der Waals surface area contributed by atoms with Gasteiger partial charge in [-0.2, -0.15) is 0 Å². The lowest BCUT2D eigenvalue weighted by Gasteiger charge is -2.24. The van der Waals surface area contributed by atoms with Crippen LogP contribution in [0.5, 0.6) is 0 Å². The maximum absolute atomic E-state index is 13.3. The van der Waals surface area contributed by atoms with Crippen molar-refractivity contribution in [3.05, 3.63) is 35.4 Å². The molecule has 1 aromatic carbocycles. The predicted octanol–water partition coefficient (Wildman–Crippen LogP) is 2.49. The van der Waals surface area contributed by atoms with Gasteiger partial charge < -0.3 is 15.3 Å². The number of hydrogen-bond donors (Lipinski definition) is 5. The number of hydroxylamine groups is 1. The molecule has 0 heterocycles. The van der Waals surface area contributed by atoms with Crippen LogP contribution in [0.1, 0.15) is 68.1 Å². The van der Waals surface area contributed by atoms with E-state index in [1.54, 1.807) is 5.48 Å². The number of aliphatic hydroxyl groups excluding tert-OH is 3. The normalized spacial score (nSPS) is 24.2. The van der Waals surface area contributed by atoms with Crippen molar-refractivity contribution >= 4 is 11.7 Å². The number of rotatable bonds is 12. The van der Waals surface area contributed by atoms with Crippen LogP contribution in [0, 0.1) is 23.5 Å². The van der Waals surface area contributed by atoms with E-state index in [1.807, 2.05) is 0 Å². The van der Waals surface area contributed by atoms with Crippen LogP contribution >= 0.6 is 0 Å². The van der Waals surface area contributed by atoms with Crippen LogP contribution in [0.2, 0.25) is 0 Å². The lowest BCUT2D eigenvalue weighted by atomic mass is 9.84. The second-order valence-electron chi connectivity index (χ2n) is 8.30. The summed E-state index contributed by atoms with van der Waals surface area (Å²) in [5.74, 6) is -3.48. The fourth-order valence-electron chi connectivity index (χ4n) is 4.43. The Morgan fingerprint density at radius 2 is 1.55 bits per heavy atom. The summed E-state index contributed by atoms with van der Waals surface area (Å²) in [5.41, 5.74) is 1.34. The molecule has 0 bridgehead atoms. The average Bonchev–Trinajstić information content (AvgIpc) is 2.99. The van der Waals surface area contributed by atoms with Crippen LogP contribution in [0.4, 0.5) is 8.78 Å². The van der Waals surface area contributed by atoms with E-state index in [0.717, 1.165) is 31.4 Å². The molecule has 5 atom stereocenters. The average molecular weight is 443 g/mol. The van der Waals surface area contributed by atoms with E-state index >= 15 is 0 Å². The van der Waals surface area contributed by atoms with Crippen molar-refractivity contribution in [1.29, 1.82) is 0 Å². The summed E-state index contributed by atoms with van der Waals surface area (Å²) in [6.45, 7) is 0. The molecule has 1 fully saturated rings. The van der Waals surface area contributed by atoms with E-state index in [0.29, 0.717) is 25.3 Å². The van der Waals surface area contributed by atoms with Gasteiger partial charge in [-0.3, -0.25) is 14.8 Å². The van der Waals surface area contributed by atoms with Crippen LogP contribution in [0.25, 0.3) is 0 Å². The van der Waals surface area contributed by atoms with Gasteiger partial charge in [-0.15, -0.1) is 0 Å². The van der Waals surface area contributed by atoms with Gasteiger partial charge in [-0.1, -0.05) is 19.3 Å². The van der Waals surface area contributed by atoms with Crippen molar-refractivity contribution in [2.24, 2.45) is 11.8 Å². The molecule has 0 aliphatic heterocycles. The van der Waals surface area contributed by atoms with Crippen molar-refractivity contribution in [1.82, 2.24) is 5.48 Å². The molecule has 1 unspecified atom stereocenters. The number of aliphatic hydroxyl groups is 3. The van der Waals surface area contributed by atoms with Crippen LogP contribution in [-0.4, -0.2) is 50.5 Å². The van der Waals surface area contributed by atoms with E-state index < -0.39 is 41.6 Å². The molecule has 1 aliphatic carbocycles. The van der Waals surface area contributed by atoms with Crippen LogP contribution < -0.4 is 5.48 Å². The summed E-state index contributed by atoms with van der Waals surface area (Å²) in [4.78, 5) is 23.3. The SMILES string of the molecule is O=C(CCCCCC[C@H]1[C@@H](CCC(O)C(=O)c2cc(F)cc(F)c2)[C@H](O)C[C@@H]1O)NO. The number of ketones is 1. The lowest BCUT2D eigenvalue weighted by Crippen LogP contribution is -2.26. The Morgan fingerprint density at radius 1 is 0.968 bits per heavy atom. The number of unbranched alkanes of at least 4 members (excludes halogenated alkanes) is 3. The molecule has 2 rings (SSSR count). The van der Waals surface area contributed by atoms with Gasteiger partial charge in [0.1, 0.15) is 17.7 Å². The Bertz CT molecular complexity index is 726. The maximum Gasteiger partial charge on any atom is 0.243 e. The van der Waals surface area contributed by atoms with Gasteiger partial charge >= 0.3 is 0 Å². The first-order valence-corrected chi connectivity index (χ1v) is 10.7. The summed E-state index contributed by atoms with van der Waals surface area (Å²) in [6, 6.07) is 2.39. The van der Waals surface area contributed by atoms with Crippen molar-refractivity contribution in [3.8, 4) is 0 Å². The predicted molar refractivity (Wildman–Crippen MR) is 107 cm³/mol. The van der Waals surface area contributed by atoms with E-state index in [9.17, 15) is 33.7 Å². The molecular formula is C22H31F2NO6. The zero-order chi connectivity index (χ0) is 23.0. The quantitative estimate of drug-likeness (QED) is 0.146. The van der Waals surface area contributed by atoms with Gasteiger partial charge in [-0.05, 0) is 56.1 Å². The summed E-state index contributed by atoms with van der Waals surface area (Å²) in [7, 11) is 0. The fraction of sp³-hybridized carbons (Fsp3) is 0.636. The third-order valence-corrected chi connectivity index (χ3v) is 6.06. The summed E-state index contributed by atoms with van der Waals surface area (Å²) in [6.07, 6.45) is 1.61. The van der Waals surface area contributed by atoms with Crippen LogP contribution in [-0.2, 0) is 4.79 Å². The highest BCUT2D eigenvalue weighted by Crippen LogP contribution is 2.39. The molecule has 0 saturated heterocycles. The number of halogens is 2. The zero-order valence-electron chi connectivity index (χ0n) is 17.3. The molecule has 5 N–H and O–H groups in total. The second kappa shape index (κ2) is 12.2. The molecule has 9 heteroatoms. The number of carbonyl (C=O) groups excluding carboxylic acids is 2. The monoisotopic (exact) mass is 443 g/mol. The summed E-state index contributed by atoms with van der Waals surface area (Å²) >= 11 is 0. The zero-order valence-corrected chi connectivity index (χ0v) is 17.3. The van der Waals surface area contributed by atoms with E-state index in [1.165, 1.54) is 0 Å². The van der Waals surface area contributed by atoms with Crippen molar-refractivity contribution in [2.75, 3.05) is 0 Å². The van der Waals surface area contributed by atoms with Gasteiger partial charge in [0.2, 0.25) is 5.91 Å². The standard InChI is InChI=1S/C22H31F2NO6/c23-14-9-13(10-15(24)11-14)22(30)18(26)8-7-17-16(19(27)12-20(17)28)5-3-1-2-4-6-21(29)25-31/h9-11,16-20,26-28,31H,1-8,12H2,(H,25,29)/t16-,17+,18?,19-,20+/m0/s1. The molecule has 174 valence electrons. The number of hydrogen-bond acceptors (Lipinski definition) is 6. The Morgan fingerprint density at radius 3 is 2.16 bits per heavy atom. The third-order valence-electron chi connectivity index (χ3n) is 6.06. The molecule has 0 aromatic heterocycles. The third kappa shape index (κ3) is 7.60. The van der Waals surface area contributed by atoms with Gasteiger partial charge in [0.15, 0.2) is 5.78 Å². The van der Waals surface area contributed by atoms with Crippen LogP contribution in [0.15, 0.2) is 18.2 Å². The molecule has 1 aliphatic rings. The highest BCUT2D eigenvalue weighted by Gasteiger charge is 2.41. The lowest BCUT2D eigenvalue weighted by molar-refractivity contribution is -0.129. The Kier molecular flexibility index (Phi) is 9.95. The molecule has 7 nitrogen and oxygen atoms in total. The molecular weight excluding hydrogens is 412 g/mol. The first-order chi connectivity index (χ1) is 14.7. The molecule has 31 heavy (non-hydrogen) atoms. The van der Waals surface area contributed by atoms with Gasteiger partial charge in [0, 0.05) is 18.1 Å². The smallest absolute Gasteiger partial charge is 0.243 e. The number of Topliss-reactive ketones (excluding diaryl/α,β-unsaturated/α-hetero) is 1. The highest BCUT2D eigenvalue weighted by atomic mass is 19.1. The summed E-state index contributed by atoms with van der Waals surface area (Å²) < 4.78 is 26.6. The topological polar surface area (TPSA) is 127 Å². The number of nitrogens with one attached hydrogen (secondary N) is 1. The number of carbonyl (C=O) groups is 2. The van der Waals surface area contributed by atoms with Crippen molar-refractivity contribution in [3.63, 3.8) is 0 Å². The molecule has 1 saturated carbocycles. The van der Waals surface area contributed by atoms with E-state index in [-0.39, 0.29) is 36.7 Å². The second-order valence-corrected chi connectivity index (χ2v) is 8.30. The molecule has 1 aromatic rings. The van der Waals surface area contributed by atoms with E-state index in [2.05, 4.69) is 0 Å². The Balaban J connectivity index is 1.82. The van der Waals surface area contributed by atoms with Crippen molar-refractivity contribution < 1.29 is 38.9 Å². The summed E-state index contributed by atoms with van der Waals surface area (Å²) in [5, 5.41) is 39.3. The van der Waals surface area contributed by atoms with Gasteiger partial charge in [0.25, 0.3) is 0 Å². The maximum atomic E-state index is 13.3. The minimum Gasteiger partial charge on any atom is -0.393 e. The molecule has 1 amide bonds.